The van der Waals surface area contributed by atoms with Crippen molar-refractivity contribution in [1.82, 2.24) is 10.3 Å². The molecule has 1 saturated carbocycles. The molecule has 0 radical (unpaired) electrons. The molecule has 0 aromatic carbocycles. The number of hydrogen-bond donors (Lipinski definition) is 2. The van der Waals surface area contributed by atoms with Gasteiger partial charge in [-0.25, -0.2) is 0 Å². The highest BCUT2D eigenvalue weighted by Crippen LogP contribution is 2.48. The summed E-state index contributed by atoms with van der Waals surface area (Å²) in [5, 5.41) is 13.6. The number of nitrogens with one attached hydrogen (secondary N) is 1. The van der Waals surface area contributed by atoms with Crippen LogP contribution in [0.15, 0.2) is 24.5 Å². The van der Waals surface area contributed by atoms with Crippen molar-refractivity contribution in [3.63, 3.8) is 0 Å². The third-order valence-corrected chi connectivity index (χ3v) is 5.46. The highest BCUT2D eigenvalue weighted by atomic mass is 16.3. The molecule has 2 rings (SSSR count). The van der Waals surface area contributed by atoms with Gasteiger partial charge >= 0.3 is 0 Å². The van der Waals surface area contributed by atoms with Crippen molar-refractivity contribution in [2.75, 3.05) is 13.2 Å². The quantitative estimate of drug-likeness (QED) is 0.801. The predicted octanol–water partition coefficient (Wildman–Crippen LogP) is 4.58. The van der Waals surface area contributed by atoms with Crippen LogP contribution in [-0.4, -0.2) is 23.2 Å². The van der Waals surface area contributed by atoms with Gasteiger partial charge in [0.2, 0.25) is 0 Å². The standard InChI is InChI=1S/C21H36N2O/c1-19(2)10-16(11-20(3,4)14-19)12-23-18(21(5,6)15-24)17-8-7-9-22-13-17/h7-9,13,16,18,23-24H,10-12,14-15H2,1-6H3. The molecule has 1 atom stereocenters. The van der Waals surface area contributed by atoms with E-state index in [4.69, 9.17) is 0 Å². The number of rotatable bonds is 6. The Balaban J connectivity index is 2.11. The SMILES string of the molecule is CC1(C)CC(CNC(c2cccnc2)C(C)(C)CO)CC(C)(C)C1. The maximum absolute atomic E-state index is 9.87. The van der Waals surface area contributed by atoms with Gasteiger partial charge in [-0.2, -0.15) is 0 Å². The van der Waals surface area contributed by atoms with E-state index in [9.17, 15) is 5.11 Å². The molecule has 0 amide bonds. The molecule has 1 unspecified atom stereocenters. The first-order chi connectivity index (χ1) is 11.0. The van der Waals surface area contributed by atoms with Crippen LogP contribution in [0.4, 0.5) is 0 Å². The van der Waals surface area contributed by atoms with Crippen LogP contribution >= 0.6 is 0 Å². The van der Waals surface area contributed by atoms with Crippen molar-refractivity contribution in [1.29, 1.82) is 0 Å². The fourth-order valence-electron chi connectivity index (χ4n) is 4.99. The molecule has 24 heavy (non-hydrogen) atoms. The Hall–Kier alpha value is -0.930. The van der Waals surface area contributed by atoms with E-state index in [1.807, 2.05) is 12.3 Å². The second-order valence-electron chi connectivity index (χ2n) is 10.1. The molecule has 2 N–H and O–H groups in total. The fraction of sp³-hybridized carbons (Fsp3) is 0.762. The third-order valence-electron chi connectivity index (χ3n) is 5.46. The van der Waals surface area contributed by atoms with Crippen LogP contribution in [0, 0.1) is 22.2 Å². The number of nitrogens with zero attached hydrogens (tertiary/aromatic N) is 1. The number of hydrogen-bond acceptors (Lipinski definition) is 3. The van der Waals surface area contributed by atoms with Crippen LogP contribution in [0.5, 0.6) is 0 Å². The van der Waals surface area contributed by atoms with Gasteiger partial charge in [-0.3, -0.25) is 4.98 Å². The van der Waals surface area contributed by atoms with Crippen molar-refractivity contribution >= 4 is 0 Å². The number of aliphatic hydroxyl groups excluding tert-OH is 1. The first kappa shape index (κ1) is 19.4. The minimum atomic E-state index is -0.220. The maximum atomic E-state index is 9.87. The van der Waals surface area contributed by atoms with Gasteiger partial charge in [0.15, 0.2) is 0 Å². The minimum Gasteiger partial charge on any atom is -0.396 e. The summed E-state index contributed by atoms with van der Waals surface area (Å²) in [6.45, 7) is 15.0. The first-order valence-corrected chi connectivity index (χ1v) is 9.29. The molecule has 3 heteroatoms. The molecule has 1 aliphatic rings. The summed E-state index contributed by atoms with van der Waals surface area (Å²) < 4.78 is 0. The number of aromatic nitrogens is 1. The van der Waals surface area contributed by atoms with E-state index < -0.39 is 0 Å². The summed E-state index contributed by atoms with van der Waals surface area (Å²) in [7, 11) is 0. The van der Waals surface area contributed by atoms with Crippen LogP contribution in [-0.2, 0) is 0 Å². The van der Waals surface area contributed by atoms with Crippen molar-refractivity contribution in [3.8, 4) is 0 Å². The molecule has 3 nitrogen and oxygen atoms in total. The van der Waals surface area contributed by atoms with Gasteiger partial charge in [0.05, 0.1) is 0 Å². The molecule has 1 aliphatic carbocycles. The predicted molar refractivity (Wildman–Crippen MR) is 101 cm³/mol. The molecule has 1 aromatic rings. The van der Waals surface area contributed by atoms with Crippen molar-refractivity contribution in [2.24, 2.45) is 22.2 Å². The van der Waals surface area contributed by atoms with Crippen LogP contribution in [0.1, 0.15) is 72.4 Å². The van der Waals surface area contributed by atoms with E-state index in [0.29, 0.717) is 16.7 Å². The van der Waals surface area contributed by atoms with Crippen molar-refractivity contribution in [2.45, 2.75) is 66.8 Å². The van der Waals surface area contributed by atoms with Crippen LogP contribution in [0.2, 0.25) is 0 Å². The highest BCUT2D eigenvalue weighted by molar-refractivity contribution is 5.17. The smallest absolute Gasteiger partial charge is 0.0500 e. The van der Waals surface area contributed by atoms with Crippen molar-refractivity contribution < 1.29 is 5.11 Å². The van der Waals surface area contributed by atoms with E-state index >= 15 is 0 Å². The first-order valence-electron chi connectivity index (χ1n) is 9.29. The van der Waals surface area contributed by atoms with Crippen LogP contribution in [0.25, 0.3) is 0 Å². The van der Waals surface area contributed by atoms with E-state index in [1.54, 1.807) is 6.20 Å². The Bertz CT molecular complexity index is 506. The maximum Gasteiger partial charge on any atom is 0.0500 e. The normalized spacial score (nSPS) is 22.3. The summed E-state index contributed by atoms with van der Waals surface area (Å²) in [5.41, 5.74) is 1.75. The lowest BCUT2D eigenvalue weighted by Gasteiger charge is -2.46. The van der Waals surface area contributed by atoms with E-state index in [2.05, 4.69) is 57.9 Å². The lowest BCUT2D eigenvalue weighted by molar-refractivity contribution is 0.0582. The molecule has 1 heterocycles. The van der Waals surface area contributed by atoms with Crippen LogP contribution < -0.4 is 5.32 Å². The van der Waals surface area contributed by atoms with Gasteiger partial charge in [0, 0.05) is 30.5 Å². The molecular formula is C21H36N2O. The zero-order valence-electron chi connectivity index (χ0n) is 16.4. The molecule has 0 bridgehead atoms. The van der Waals surface area contributed by atoms with Crippen LogP contribution in [0.3, 0.4) is 0 Å². The highest BCUT2D eigenvalue weighted by Gasteiger charge is 2.39. The van der Waals surface area contributed by atoms with E-state index in [-0.39, 0.29) is 18.1 Å². The average Bonchev–Trinajstić information content (AvgIpc) is 2.45. The summed E-state index contributed by atoms with van der Waals surface area (Å²) in [5.74, 6) is 0.678. The summed E-state index contributed by atoms with van der Waals surface area (Å²) in [4.78, 5) is 4.27. The minimum absolute atomic E-state index is 0.115. The largest absolute Gasteiger partial charge is 0.396 e. The molecule has 1 fully saturated rings. The summed E-state index contributed by atoms with van der Waals surface area (Å²) in [6.07, 6.45) is 7.55. The van der Waals surface area contributed by atoms with E-state index in [1.165, 1.54) is 19.3 Å². The second-order valence-corrected chi connectivity index (χ2v) is 10.1. The van der Waals surface area contributed by atoms with Gasteiger partial charge in [0.1, 0.15) is 0 Å². The monoisotopic (exact) mass is 332 g/mol. The lowest BCUT2D eigenvalue weighted by Crippen LogP contribution is -2.42. The van der Waals surface area contributed by atoms with Gasteiger partial charge in [-0.15, -0.1) is 0 Å². The topological polar surface area (TPSA) is 45.2 Å². The molecule has 0 spiro atoms. The second kappa shape index (κ2) is 7.13. The van der Waals surface area contributed by atoms with Gasteiger partial charge in [-0.05, 0) is 54.2 Å². The zero-order chi connectivity index (χ0) is 18.0. The molecular weight excluding hydrogens is 296 g/mol. The zero-order valence-corrected chi connectivity index (χ0v) is 16.4. The number of aliphatic hydroxyl groups is 1. The van der Waals surface area contributed by atoms with Gasteiger partial charge in [-0.1, -0.05) is 47.6 Å². The Labute approximate surface area is 148 Å². The number of pyridine rings is 1. The van der Waals surface area contributed by atoms with E-state index in [0.717, 1.165) is 12.1 Å². The third kappa shape index (κ3) is 5.03. The van der Waals surface area contributed by atoms with Crippen molar-refractivity contribution in [3.05, 3.63) is 30.1 Å². The fourth-order valence-corrected chi connectivity index (χ4v) is 4.99. The lowest BCUT2D eigenvalue weighted by atomic mass is 9.61. The summed E-state index contributed by atoms with van der Waals surface area (Å²) >= 11 is 0. The summed E-state index contributed by atoms with van der Waals surface area (Å²) in [6, 6.07) is 4.20. The molecule has 0 saturated heterocycles. The molecule has 0 aliphatic heterocycles. The molecule has 136 valence electrons. The Morgan fingerprint density at radius 1 is 1.25 bits per heavy atom. The Kier molecular flexibility index (Phi) is 5.76. The van der Waals surface area contributed by atoms with Gasteiger partial charge in [0.25, 0.3) is 0 Å². The Morgan fingerprint density at radius 2 is 1.88 bits per heavy atom. The van der Waals surface area contributed by atoms with Gasteiger partial charge < -0.3 is 10.4 Å². The molecule has 1 aromatic heterocycles. The average molecular weight is 333 g/mol. The Morgan fingerprint density at radius 3 is 2.38 bits per heavy atom.